The fraction of sp³-hybridized carbons (Fsp3) is 0.533. The number of anilines is 1. The summed E-state index contributed by atoms with van der Waals surface area (Å²) in [6.45, 7) is 0.574. The quantitative estimate of drug-likeness (QED) is 0.762. The van der Waals surface area contributed by atoms with Gasteiger partial charge in [-0.15, -0.1) is 0 Å². The second-order valence-electron chi connectivity index (χ2n) is 6.24. The van der Waals surface area contributed by atoms with Crippen LogP contribution in [0.1, 0.15) is 19.3 Å². The zero-order valence-electron chi connectivity index (χ0n) is 14.1. The lowest BCUT2D eigenvalue weighted by atomic mass is 9.86. The lowest BCUT2D eigenvalue weighted by Crippen LogP contribution is -2.53. The van der Waals surface area contributed by atoms with Gasteiger partial charge in [-0.05, 0) is 18.9 Å². The highest BCUT2D eigenvalue weighted by Crippen LogP contribution is 2.34. The monoisotopic (exact) mass is 364 g/mol. The Hall–Kier alpha value is -2.22. The third kappa shape index (κ3) is 3.30. The SMILES string of the molecule is CN(c1ncnc2c1ccn2CCC#N)C1CC(N(C)S(=O)(=O)O)C1. The molecule has 0 atom stereocenters. The number of aromatic nitrogens is 3. The van der Waals surface area contributed by atoms with Gasteiger partial charge in [0.15, 0.2) is 0 Å². The van der Waals surface area contributed by atoms with Gasteiger partial charge in [0.1, 0.15) is 17.8 Å². The molecule has 9 nitrogen and oxygen atoms in total. The normalized spacial score (nSPS) is 20.4. The summed E-state index contributed by atoms with van der Waals surface area (Å²) >= 11 is 0. The Labute approximate surface area is 146 Å². The third-order valence-corrected chi connectivity index (χ3v) is 5.87. The molecule has 0 aromatic carbocycles. The van der Waals surface area contributed by atoms with Crippen molar-refractivity contribution in [3.05, 3.63) is 18.6 Å². The van der Waals surface area contributed by atoms with Crippen LogP contribution in [-0.2, 0) is 16.8 Å². The zero-order chi connectivity index (χ0) is 18.2. The van der Waals surface area contributed by atoms with Gasteiger partial charge < -0.3 is 9.47 Å². The first-order valence-electron chi connectivity index (χ1n) is 7.93. The van der Waals surface area contributed by atoms with Crippen molar-refractivity contribution >= 4 is 27.2 Å². The van der Waals surface area contributed by atoms with Gasteiger partial charge in [0.25, 0.3) is 0 Å². The van der Waals surface area contributed by atoms with Crippen LogP contribution in [-0.4, -0.2) is 58.0 Å². The average molecular weight is 364 g/mol. The third-order valence-electron chi connectivity index (χ3n) is 4.85. The Morgan fingerprint density at radius 1 is 1.36 bits per heavy atom. The van der Waals surface area contributed by atoms with Crippen molar-refractivity contribution in [2.75, 3.05) is 19.0 Å². The van der Waals surface area contributed by atoms with E-state index in [0.29, 0.717) is 25.8 Å². The number of aryl methyl sites for hydroxylation is 1. The van der Waals surface area contributed by atoms with Crippen LogP contribution in [0.15, 0.2) is 18.6 Å². The van der Waals surface area contributed by atoms with Crippen LogP contribution in [0.3, 0.4) is 0 Å². The Morgan fingerprint density at radius 2 is 2.08 bits per heavy atom. The topological polar surface area (TPSA) is 115 Å². The summed E-state index contributed by atoms with van der Waals surface area (Å²) in [5.41, 5.74) is 0.776. The lowest BCUT2D eigenvalue weighted by Gasteiger charge is -2.44. The van der Waals surface area contributed by atoms with Crippen LogP contribution in [0.5, 0.6) is 0 Å². The molecule has 2 heterocycles. The molecule has 10 heteroatoms. The molecule has 0 unspecified atom stereocenters. The van der Waals surface area contributed by atoms with E-state index in [2.05, 4.69) is 16.0 Å². The number of rotatable bonds is 6. The van der Waals surface area contributed by atoms with Gasteiger partial charge >= 0.3 is 10.3 Å². The standard InChI is InChI=1S/C15H20N6O3S/c1-19(11-8-12(9-11)20(2)25(22,23)24)14-13-4-7-21(6-3-5-16)15(13)18-10-17-14/h4,7,10-12H,3,6,8-9H2,1-2H3,(H,22,23,24). The van der Waals surface area contributed by atoms with Crippen molar-refractivity contribution in [2.45, 2.75) is 37.9 Å². The van der Waals surface area contributed by atoms with Crippen molar-refractivity contribution in [1.29, 1.82) is 5.26 Å². The molecule has 1 N–H and O–H groups in total. The second-order valence-corrected chi connectivity index (χ2v) is 7.71. The van der Waals surface area contributed by atoms with Gasteiger partial charge in [-0.3, -0.25) is 4.55 Å². The lowest BCUT2D eigenvalue weighted by molar-refractivity contribution is 0.199. The summed E-state index contributed by atoms with van der Waals surface area (Å²) in [5.74, 6) is 0.777. The summed E-state index contributed by atoms with van der Waals surface area (Å²) in [4.78, 5) is 10.7. The van der Waals surface area contributed by atoms with Gasteiger partial charge in [-0.1, -0.05) is 0 Å². The number of fused-ring (bicyclic) bond motifs is 1. The van der Waals surface area contributed by atoms with Crippen LogP contribution >= 0.6 is 0 Å². The predicted octanol–water partition coefficient (Wildman–Crippen LogP) is 1.05. The molecule has 0 aliphatic heterocycles. The molecular formula is C15H20N6O3S. The minimum Gasteiger partial charge on any atom is -0.356 e. The van der Waals surface area contributed by atoms with E-state index >= 15 is 0 Å². The van der Waals surface area contributed by atoms with Crippen molar-refractivity contribution in [3.8, 4) is 6.07 Å². The molecule has 3 rings (SSSR count). The molecular weight excluding hydrogens is 344 g/mol. The highest BCUT2D eigenvalue weighted by Gasteiger charge is 2.39. The molecule has 2 aromatic heterocycles. The second kappa shape index (κ2) is 6.59. The molecule has 1 aliphatic carbocycles. The zero-order valence-corrected chi connectivity index (χ0v) is 14.9. The number of hydrogen-bond acceptors (Lipinski definition) is 6. The van der Waals surface area contributed by atoms with E-state index in [1.165, 1.54) is 13.4 Å². The molecule has 0 radical (unpaired) electrons. The van der Waals surface area contributed by atoms with Gasteiger partial charge in [0.2, 0.25) is 0 Å². The smallest absolute Gasteiger partial charge is 0.335 e. The minimum absolute atomic E-state index is 0.134. The van der Waals surface area contributed by atoms with E-state index in [1.54, 1.807) is 0 Å². The molecule has 2 aromatic rings. The van der Waals surface area contributed by atoms with E-state index in [1.807, 2.05) is 28.8 Å². The molecule has 134 valence electrons. The van der Waals surface area contributed by atoms with Gasteiger partial charge in [-0.25, -0.2) is 9.97 Å². The molecule has 1 fully saturated rings. The van der Waals surface area contributed by atoms with Crippen molar-refractivity contribution in [3.63, 3.8) is 0 Å². The van der Waals surface area contributed by atoms with Crippen molar-refractivity contribution < 1.29 is 13.0 Å². The predicted molar refractivity (Wildman–Crippen MR) is 92.3 cm³/mol. The summed E-state index contributed by atoms with van der Waals surface area (Å²) in [6, 6.07) is 3.98. The molecule has 0 bridgehead atoms. The van der Waals surface area contributed by atoms with Crippen LogP contribution < -0.4 is 4.90 Å². The number of nitriles is 1. The maximum absolute atomic E-state index is 11.2. The Morgan fingerprint density at radius 3 is 2.72 bits per heavy atom. The van der Waals surface area contributed by atoms with E-state index in [0.717, 1.165) is 21.2 Å². The van der Waals surface area contributed by atoms with E-state index in [-0.39, 0.29) is 12.1 Å². The van der Waals surface area contributed by atoms with Crippen molar-refractivity contribution in [1.82, 2.24) is 18.8 Å². The number of hydrogen-bond donors (Lipinski definition) is 1. The summed E-state index contributed by atoms with van der Waals surface area (Å²) in [5, 5.41) is 9.65. The van der Waals surface area contributed by atoms with Crippen LogP contribution in [0.25, 0.3) is 11.0 Å². The Balaban J connectivity index is 1.77. The molecule has 0 amide bonds. The Bertz CT molecular complexity index is 913. The van der Waals surface area contributed by atoms with Gasteiger partial charge in [0.05, 0.1) is 17.9 Å². The van der Waals surface area contributed by atoms with Crippen LogP contribution in [0.2, 0.25) is 0 Å². The van der Waals surface area contributed by atoms with E-state index in [4.69, 9.17) is 9.81 Å². The fourth-order valence-electron chi connectivity index (χ4n) is 3.16. The molecule has 1 aliphatic rings. The van der Waals surface area contributed by atoms with E-state index in [9.17, 15) is 8.42 Å². The first-order chi connectivity index (χ1) is 11.8. The summed E-state index contributed by atoms with van der Waals surface area (Å²) in [6.07, 6.45) is 5.04. The largest absolute Gasteiger partial charge is 0.356 e. The van der Waals surface area contributed by atoms with E-state index < -0.39 is 10.3 Å². The maximum atomic E-state index is 11.2. The average Bonchev–Trinajstić information content (AvgIpc) is 2.93. The molecule has 0 saturated heterocycles. The number of nitrogens with zero attached hydrogens (tertiary/aromatic N) is 6. The highest BCUT2D eigenvalue weighted by molar-refractivity contribution is 7.83. The van der Waals surface area contributed by atoms with Crippen molar-refractivity contribution in [2.24, 2.45) is 0 Å². The molecule has 0 spiro atoms. The highest BCUT2D eigenvalue weighted by atomic mass is 32.2. The minimum atomic E-state index is -4.16. The Kier molecular flexibility index (Phi) is 4.64. The van der Waals surface area contributed by atoms with Gasteiger partial charge in [-0.2, -0.15) is 18.0 Å². The molecule has 25 heavy (non-hydrogen) atoms. The van der Waals surface area contributed by atoms with Gasteiger partial charge in [0, 0.05) is 38.9 Å². The van der Waals surface area contributed by atoms with Crippen LogP contribution in [0, 0.1) is 11.3 Å². The van der Waals surface area contributed by atoms with Crippen LogP contribution in [0.4, 0.5) is 5.82 Å². The summed E-state index contributed by atoms with van der Waals surface area (Å²) in [7, 11) is -0.855. The molecule has 1 saturated carbocycles. The summed E-state index contributed by atoms with van der Waals surface area (Å²) < 4.78 is 34.4. The first-order valence-corrected chi connectivity index (χ1v) is 9.32. The fourth-order valence-corrected chi connectivity index (χ4v) is 3.70. The first kappa shape index (κ1) is 17.6. The maximum Gasteiger partial charge on any atom is 0.335 e.